The first-order valence-corrected chi connectivity index (χ1v) is 7.63. The summed E-state index contributed by atoms with van der Waals surface area (Å²) in [5.41, 5.74) is -0.470. The number of para-hydroxylation sites is 1. The number of carbonyl (C=O) groups excluding carboxylic acids is 1. The van der Waals surface area contributed by atoms with Gasteiger partial charge in [0.2, 0.25) is 5.91 Å². The first kappa shape index (κ1) is 18.3. The van der Waals surface area contributed by atoms with E-state index in [9.17, 15) is 26.7 Å². The van der Waals surface area contributed by atoms with Crippen molar-refractivity contribution in [1.82, 2.24) is 0 Å². The molecule has 0 aromatic heterocycles. The van der Waals surface area contributed by atoms with Gasteiger partial charge in [-0.05, 0) is 23.8 Å². The predicted octanol–water partition coefficient (Wildman–Crippen LogP) is 5.20. The second kappa shape index (κ2) is 7.65. The second-order valence-electron chi connectivity index (χ2n) is 4.80. The Kier molecular flexibility index (Phi) is 5.82. The van der Waals surface area contributed by atoms with E-state index in [0.717, 1.165) is 12.1 Å². The van der Waals surface area contributed by atoms with Crippen LogP contribution in [0.5, 0.6) is 0 Å². The smallest absolute Gasteiger partial charge is 0.325 e. The Balaban J connectivity index is 2.09. The standard InChI is InChI=1S/C16H12F5NOS/c17-15(18)24-13-7-2-1-6-12(13)22-14(23)9-10-4-3-5-11(8-10)16(19,20)21/h1-8,15H,9H2,(H,22,23). The third-order valence-corrected chi connectivity index (χ3v) is 3.78. The molecule has 24 heavy (non-hydrogen) atoms. The van der Waals surface area contributed by atoms with Gasteiger partial charge in [0.25, 0.3) is 5.76 Å². The number of hydrogen-bond acceptors (Lipinski definition) is 2. The number of anilines is 1. The van der Waals surface area contributed by atoms with Crippen LogP contribution >= 0.6 is 11.8 Å². The maximum Gasteiger partial charge on any atom is 0.416 e. The first-order valence-electron chi connectivity index (χ1n) is 6.75. The fraction of sp³-hybridized carbons (Fsp3) is 0.188. The quantitative estimate of drug-likeness (QED) is 0.586. The van der Waals surface area contributed by atoms with Crippen LogP contribution in [-0.4, -0.2) is 11.7 Å². The average molecular weight is 361 g/mol. The fourth-order valence-electron chi connectivity index (χ4n) is 2.01. The van der Waals surface area contributed by atoms with Crippen LogP contribution in [0, 0.1) is 0 Å². The van der Waals surface area contributed by atoms with E-state index in [1.54, 1.807) is 12.1 Å². The Bertz CT molecular complexity index is 718. The van der Waals surface area contributed by atoms with Gasteiger partial charge in [-0.1, -0.05) is 42.1 Å². The number of halogens is 5. The molecule has 0 unspecified atom stereocenters. The highest BCUT2D eigenvalue weighted by molar-refractivity contribution is 7.99. The molecule has 0 saturated heterocycles. The van der Waals surface area contributed by atoms with Gasteiger partial charge in [0.15, 0.2) is 0 Å². The number of amides is 1. The van der Waals surface area contributed by atoms with Gasteiger partial charge < -0.3 is 5.32 Å². The molecule has 128 valence electrons. The van der Waals surface area contributed by atoms with Gasteiger partial charge in [-0.3, -0.25) is 4.79 Å². The van der Waals surface area contributed by atoms with Crippen LogP contribution < -0.4 is 5.32 Å². The summed E-state index contributed by atoms with van der Waals surface area (Å²) in [4.78, 5) is 12.2. The van der Waals surface area contributed by atoms with E-state index in [0.29, 0.717) is 0 Å². The molecule has 2 rings (SSSR count). The lowest BCUT2D eigenvalue weighted by atomic mass is 10.1. The summed E-state index contributed by atoms with van der Waals surface area (Å²) in [6, 6.07) is 10.4. The zero-order valence-electron chi connectivity index (χ0n) is 12.1. The van der Waals surface area contributed by atoms with E-state index in [-0.39, 0.29) is 34.3 Å². The van der Waals surface area contributed by atoms with Gasteiger partial charge in [0.1, 0.15) is 0 Å². The van der Waals surface area contributed by atoms with Crippen LogP contribution in [0.1, 0.15) is 11.1 Å². The van der Waals surface area contributed by atoms with Gasteiger partial charge in [-0.15, -0.1) is 0 Å². The van der Waals surface area contributed by atoms with Crippen LogP contribution in [-0.2, 0) is 17.4 Å². The summed E-state index contributed by atoms with van der Waals surface area (Å²) in [5, 5.41) is 2.45. The number of thioether (sulfide) groups is 1. The largest absolute Gasteiger partial charge is 0.416 e. The third kappa shape index (κ3) is 5.23. The number of hydrogen-bond donors (Lipinski definition) is 1. The van der Waals surface area contributed by atoms with Crippen molar-refractivity contribution in [3.8, 4) is 0 Å². The number of nitrogens with one attached hydrogen (secondary N) is 1. The summed E-state index contributed by atoms with van der Waals surface area (Å²) in [6.07, 6.45) is -4.79. The monoisotopic (exact) mass is 361 g/mol. The molecule has 0 saturated carbocycles. The van der Waals surface area contributed by atoms with Crippen LogP contribution in [0.15, 0.2) is 53.4 Å². The van der Waals surface area contributed by atoms with Crippen molar-refractivity contribution in [2.75, 3.05) is 5.32 Å². The van der Waals surface area contributed by atoms with Gasteiger partial charge in [0.05, 0.1) is 17.7 Å². The average Bonchev–Trinajstić information content (AvgIpc) is 2.48. The molecule has 0 aliphatic carbocycles. The molecule has 0 aliphatic rings. The number of benzene rings is 2. The highest BCUT2D eigenvalue weighted by Gasteiger charge is 2.30. The van der Waals surface area contributed by atoms with Crippen molar-refractivity contribution in [2.24, 2.45) is 0 Å². The minimum atomic E-state index is -4.49. The van der Waals surface area contributed by atoms with Crippen molar-refractivity contribution in [1.29, 1.82) is 0 Å². The minimum Gasteiger partial charge on any atom is -0.325 e. The van der Waals surface area contributed by atoms with Gasteiger partial charge in [-0.2, -0.15) is 22.0 Å². The minimum absolute atomic E-state index is 0.182. The van der Waals surface area contributed by atoms with Crippen molar-refractivity contribution in [3.63, 3.8) is 0 Å². The predicted molar refractivity (Wildman–Crippen MR) is 82.1 cm³/mol. The maximum absolute atomic E-state index is 12.7. The molecular weight excluding hydrogens is 349 g/mol. The Hall–Kier alpha value is -2.09. The van der Waals surface area contributed by atoms with Crippen LogP contribution in [0.3, 0.4) is 0 Å². The molecule has 2 aromatic carbocycles. The fourth-order valence-corrected chi connectivity index (χ4v) is 2.60. The SMILES string of the molecule is O=C(Cc1cccc(C(F)(F)F)c1)Nc1ccccc1SC(F)F. The second-order valence-corrected chi connectivity index (χ2v) is 5.83. The third-order valence-electron chi connectivity index (χ3n) is 3.00. The van der Waals surface area contributed by atoms with Crippen LogP contribution in [0.2, 0.25) is 0 Å². The lowest BCUT2D eigenvalue weighted by molar-refractivity contribution is -0.137. The first-order chi connectivity index (χ1) is 11.3. The molecule has 2 aromatic rings. The molecule has 0 radical (unpaired) electrons. The molecule has 1 N–H and O–H groups in total. The number of rotatable bonds is 5. The molecule has 0 fully saturated rings. The molecule has 0 bridgehead atoms. The Morgan fingerprint density at radius 2 is 1.79 bits per heavy atom. The zero-order valence-corrected chi connectivity index (χ0v) is 12.9. The summed E-state index contributed by atoms with van der Waals surface area (Å²) in [6.45, 7) is 0. The highest BCUT2D eigenvalue weighted by atomic mass is 32.2. The molecular formula is C16H12F5NOS. The van der Waals surface area contributed by atoms with E-state index in [2.05, 4.69) is 5.32 Å². The van der Waals surface area contributed by atoms with Gasteiger partial charge >= 0.3 is 6.18 Å². The topological polar surface area (TPSA) is 29.1 Å². The molecule has 2 nitrogen and oxygen atoms in total. The highest BCUT2D eigenvalue weighted by Crippen LogP contribution is 2.32. The lowest BCUT2D eigenvalue weighted by Gasteiger charge is -2.11. The van der Waals surface area contributed by atoms with E-state index >= 15 is 0 Å². The molecule has 0 aliphatic heterocycles. The van der Waals surface area contributed by atoms with E-state index in [4.69, 9.17) is 0 Å². The van der Waals surface area contributed by atoms with E-state index in [1.165, 1.54) is 24.3 Å². The maximum atomic E-state index is 12.7. The Morgan fingerprint density at radius 1 is 1.08 bits per heavy atom. The van der Waals surface area contributed by atoms with E-state index < -0.39 is 23.4 Å². The molecule has 1 amide bonds. The Labute approximate surface area is 139 Å². The van der Waals surface area contributed by atoms with Crippen LogP contribution in [0.25, 0.3) is 0 Å². The van der Waals surface area contributed by atoms with E-state index in [1.807, 2.05) is 0 Å². The number of alkyl halides is 5. The van der Waals surface area contributed by atoms with Crippen molar-refractivity contribution in [3.05, 3.63) is 59.7 Å². The summed E-state index contributed by atoms with van der Waals surface area (Å²) >= 11 is 0.282. The normalized spacial score (nSPS) is 11.6. The summed E-state index contributed by atoms with van der Waals surface area (Å²) < 4.78 is 62.9. The Morgan fingerprint density at radius 3 is 2.46 bits per heavy atom. The van der Waals surface area contributed by atoms with Gasteiger partial charge in [0, 0.05) is 4.90 Å². The van der Waals surface area contributed by atoms with Crippen molar-refractivity contribution in [2.45, 2.75) is 23.3 Å². The van der Waals surface area contributed by atoms with Crippen LogP contribution in [0.4, 0.5) is 27.6 Å². The summed E-state index contributed by atoms with van der Waals surface area (Å²) in [7, 11) is 0. The van der Waals surface area contributed by atoms with Crippen molar-refractivity contribution >= 4 is 23.4 Å². The molecule has 0 heterocycles. The zero-order chi connectivity index (χ0) is 17.7. The van der Waals surface area contributed by atoms with Gasteiger partial charge in [-0.25, -0.2) is 0 Å². The number of carbonyl (C=O) groups is 1. The molecule has 0 atom stereocenters. The van der Waals surface area contributed by atoms with Crippen molar-refractivity contribution < 1.29 is 26.7 Å². The molecule has 8 heteroatoms. The summed E-state index contributed by atoms with van der Waals surface area (Å²) in [5.74, 6) is -3.23. The lowest BCUT2D eigenvalue weighted by Crippen LogP contribution is -2.15. The molecule has 0 spiro atoms.